The largest absolute Gasteiger partial charge is 0.313 e. The number of nitrogens with one attached hydrogen (secondary N) is 1. The van der Waals surface area contributed by atoms with Crippen LogP contribution in [0.5, 0.6) is 0 Å². The minimum Gasteiger partial charge on any atom is -0.313 e. The van der Waals surface area contributed by atoms with E-state index in [-0.39, 0.29) is 12.0 Å². The van der Waals surface area contributed by atoms with Crippen molar-refractivity contribution in [2.45, 2.75) is 13.3 Å². The highest BCUT2D eigenvalue weighted by Crippen LogP contribution is 1.95. The SMILES string of the molecule is Cc1c(CC#N)nc[nH]c1=O. The fourth-order valence-electron chi connectivity index (χ4n) is 0.758. The monoisotopic (exact) mass is 149 g/mol. The Kier molecular flexibility index (Phi) is 2.02. The van der Waals surface area contributed by atoms with Crippen molar-refractivity contribution < 1.29 is 0 Å². The molecular weight excluding hydrogens is 142 g/mol. The number of hydrogen-bond donors (Lipinski definition) is 1. The van der Waals surface area contributed by atoms with Gasteiger partial charge in [0.2, 0.25) is 0 Å². The van der Waals surface area contributed by atoms with Gasteiger partial charge in [-0.2, -0.15) is 5.26 Å². The van der Waals surface area contributed by atoms with E-state index < -0.39 is 0 Å². The molecule has 0 bridgehead atoms. The molecule has 4 heteroatoms. The van der Waals surface area contributed by atoms with Gasteiger partial charge in [0.05, 0.1) is 24.5 Å². The van der Waals surface area contributed by atoms with Gasteiger partial charge < -0.3 is 4.98 Å². The third kappa shape index (κ3) is 1.44. The van der Waals surface area contributed by atoms with Crippen LogP contribution in [0.15, 0.2) is 11.1 Å². The molecule has 0 aliphatic carbocycles. The van der Waals surface area contributed by atoms with Gasteiger partial charge in [-0.1, -0.05) is 0 Å². The molecule has 0 spiro atoms. The van der Waals surface area contributed by atoms with E-state index in [1.807, 2.05) is 6.07 Å². The van der Waals surface area contributed by atoms with Gasteiger partial charge in [0.15, 0.2) is 0 Å². The van der Waals surface area contributed by atoms with Crippen molar-refractivity contribution in [2.24, 2.45) is 0 Å². The maximum atomic E-state index is 10.9. The Morgan fingerprint density at radius 1 is 1.82 bits per heavy atom. The molecule has 0 unspecified atom stereocenters. The molecule has 4 nitrogen and oxygen atoms in total. The third-order valence-corrected chi connectivity index (χ3v) is 1.44. The zero-order valence-electron chi connectivity index (χ0n) is 6.09. The Morgan fingerprint density at radius 2 is 2.55 bits per heavy atom. The topological polar surface area (TPSA) is 69.5 Å². The quantitative estimate of drug-likeness (QED) is 0.617. The molecule has 0 aromatic carbocycles. The Hall–Kier alpha value is -1.63. The average Bonchev–Trinajstić information content (AvgIpc) is 1.99. The van der Waals surface area contributed by atoms with Gasteiger partial charge in [-0.05, 0) is 6.92 Å². The van der Waals surface area contributed by atoms with Crippen LogP contribution in [0.4, 0.5) is 0 Å². The van der Waals surface area contributed by atoms with E-state index in [9.17, 15) is 4.79 Å². The van der Waals surface area contributed by atoms with Crippen LogP contribution in [0.2, 0.25) is 0 Å². The Bertz CT molecular complexity index is 347. The van der Waals surface area contributed by atoms with E-state index >= 15 is 0 Å². The predicted octanol–water partition coefficient (Wildman–Crippen LogP) is 0.144. The van der Waals surface area contributed by atoms with E-state index in [1.54, 1.807) is 6.92 Å². The van der Waals surface area contributed by atoms with Crippen molar-refractivity contribution in [1.82, 2.24) is 9.97 Å². The van der Waals surface area contributed by atoms with Crippen molar-refractivity contribution in [1.29, 1.82) is 5.26 Å². The molecule has 0 atom stereocenters. The summed E-state index contributed by atoms with van der Waals surface area (Å²) in [5, 5.41) is 8.33. The molecule has 0 aliphatic heterocycles. The molecule has 1 aromatic rings. The molecule has 0 radical (unpaired) electrons. The minimum atomic E-state index is -0.176. The maximum Gasteiger partial charge on any atom is 0.253 e. The van der Waals surface area contributed by atoms with Crippen molar-refractivity contribution in [3.05, 3.63) is 27.9 Å². The van der Waals surface area contributed by atoms with E-state index in [1.165, 1.54) is 6.33 Å². The van der Waals surface area contributed by atoms with Crippen molar-refractivity contribution >= 4 is 0 Å². The first-order chi connectivity index (χ1) is 5.25. The van der Waals surface area contributed by atoms with Crippen molar-refractivity contribution in [2.75, 3.05) is 0 Å². The van der Waals surface area contributed by atoms with Gasteiger partial charge in [-0.25, -0.2) is 4.98 Å². The number of nitriles is 1. The van der Waals surface area contributed by atoms with E-state index in [4.69, 9.17) is 5.26 Å². The normalized spacial score (nSPS) is 9.09. The summed E-state index contributed by atoms with van der Waals surface area (Å²) in [5.74, 6) is 0. The predicted molar refractivity (Wildman–Crippen MR) is 38.9 cm³/mol. The molecule has 1 rings (SSSR count). The van der Waals surface area contributed by atoms with Crippen LogP contribution in [0.25, 0.3) is 0 Å². The average molecular weight is 149 g/mol. The summed E-state index contributed by atoms with van der Waals surface area (Å²) in [6, 6.07) is 1.94. The molecule has 1 aromatic heterocycles. The lowest BCUT2D eigenvalue weighted by molar-refractivity contribution is 0.987. The van der Waals surface area contributed by atoms with E-state index in [2.05, 4.69) is 9.97 Å². The summed E-state index contributed by atoms with van der Waals surface area (Å²) in [5.41, 5.74) is 0.899. The van der Waals surface area contributed by atoms with Gasteiger partial charge >= 0.3 is 0 Å². The van der Waals surface area contributed by atoms with Crippen LogP contribution in [-0.2, 0) is 6.42 Å². The second kappa shape index (κ2) is 2.97. The summed E-state index contributed by atoms with van der Waals surface area (Å²) in [4.78, 5) is 17.2. The summed E-state index contributed by atoms with van der Waals surface area (Å²) < 4.78 is 0. The summed E-state index contributed by atoms with van der Waals surface area (Å²) in [6.45, 7) is 1.65. The molecule has 1 N–H and O–H groups in total. The fourth-order valence-corrected chi connectivity index (χ4v) is 0.758. The lowest BCUT2D eigenvalue weighted by Crippen LogP contribution is -2.12. The summed E-state index contributed by atoms with van der Waals surface area (Å²) >= 11 is 0. The zero-order valence-corrected chi connectivity index (χ0v) is 6.09. The number of rotatable bonds is 1. The first-order valence-corrected chi connectivity index (χ1v) is 3.16. The molecular formula is C7H7N3O. The minimum absolute atomic E-state index is 0.176. The van der Waals surface area contributed by atoms with Crippen LogP contribution >= 0.6 is 0 Å². The van der Waals surface area contributed by atoms with Crippen LogP contribution in [0, 0.1) is 18.3 Å². The highest BCUT2D eigenvalue weighted by molar-refractivity contribution is 5.16. The second-order valence-corrected chi connectivity index (χ2v) is 2.14. The molecule has 0 saturated heterocycles. The zero-order chi connectivity index (χ0) is 8.27. The standard InChI is InChI=1S/C7H7N3O/c1-5-6(2-3-8)9-4-10-7(5)11/h4H,2H2,1H3,(H,9,10,11). The highest BCUT2D eigenvalue weighted by Gasteiger charge is 2.00. The Morgan fingerprint density at radius 3 is 3.18 bits per heavy atom. The van der Waals surface area contributed by atoms with Crippen LogP contribution in [0.1, 0.15) is 11.3 Å². The molecule has 56 valence electrons. The third-order valence-electron chi connectivity index (χ3n) is 1.44. The number of aromatic nitrogens is 2. The van der Waals surface area contributed by atoms with Crippen LogP contribution in [-0.4, -0.2) is 9.97 Å². The van der Waals surface area contributed by atoms with Crippen LogP contribution < -0.4 is 5.56 Å². The van der Waals surface area contributed by atoms with Crippen molar-refractivity contribution in [3.63, 3.8) is 0 Å². The second-order valence-electron chi connectivity index (χ2n) is 2.14. The molecule has 0 aliphatic rings. The van der Waals surface area contributed by atoms with Crippen LogP contribution in [0.3, 0.4) is 0 Å². The van der Waals surface area contributed by atoms with Gasteiger partial charge in [0.1, 0.15) is 0 Å². The first kappa shape index (κ1) is 7.48. The Balaban J connectivity index is 3.19. The number of aromatic amines is 1. The smallest absolute Gasteiger partial charge is 0.253 e. The van der Waals surface area contributed by atoms with Gasteiger partial charge in [0.25, 0.3) is 5.56 Å². The molecule has 1 heterocycles. The van der Waals surface area contributed by atoms with E-state index in [0.29, 0.717) is 11.3 Å². The summed E-state index contributed by atoms with van der Waals surface area (Å²) in [7, 11) is 0. The highest BCUT2D eigenvalue weighted by atomic mass is 16.1. The molecule has 0 saturated carbocycles. The lowest BCUT2D eigenvalue weighted by Gasteiger charge is -1.95. The molecule has 0 fully saturated rings. The van der Waals surface area contributed by atoms with E-state index in [0.717, 1.165) is 0 Å². The molecule has 0 amide bonds. The van der Waals surface area contributed by atoms with Gasteiger partial charge in [0, 0.05) is 5.56 Å². The molecule has 11 heavy (non-hydrogen) atoms. The van der Waals surface area contributed by atoms with Crippen molar-refractivity contribution in [3.8, 4) is 6.07 Å². The Labute approximate surface area is 63.5 Å². The summed E-state index contributed by atoms with van der Waals surface area (Å²) in [6.07, 6.45) is 1.50. The fraction of sp³-hybridized carbons (Fsp3) is 0.286. The number of nitrogens with zero attached hydrogens (tertiary/aromatic N) is 2. The van der Waals surface area contributed by atoms with Gasteiger partial charge in [-0.15, -0.1) is 0 Å². The van der Waals surface area contributed by atoms with Gasteiger partial charge in [-0.3, -0.25) is 4.79 Å². The number of H-pyrrole nitrogens is 1. The maximum absolute atomic E-state index is 10.9. The lowest BCUT2D eigenvalue weighted by atomic mass is 10.2. The first-order valence-electron chi connectivity index (χ1n) is 3.16. The number of hydrogen-bond acceptors (Lipinski definition) is 3.